The summed E-state index contributed by atoms with van der Waals surface area (Å²) in [5, 5.41) is 3.97. The van der Waals surface area contributed by atoms with E-state index in [9.17, 15) is 18.0 Å². The highest BCUT2D eigenvalue weighted by atomic mass is 32.2. The molecule has 1 aromatic carbocycles. The van der Waals surface area contributed by atoms with Crippen LogP contribution >= 0.6 is 11.8 Å². The van der Waals surface area contributed by atoms with Gasteiger partial charge in [0.05, 0.1) is 17.5 Å². The van der Waals surface area contributed by atoms with Crippen LogP contribution in [0, 0.1) is 0 Å². The molecule has 0 aliphatic heterocycles. The molecule has 0 saturated heterocycles. The minimum Gasteiger partial charge on any atom is -0.272 e. The molecule has 1 aromatic heterocycles. The second-order valence-electron chi connectivity index (χ2n) is 4.20. The summed E-state index contributed by atoms with van der Waals surface area (Å²) in [6, 6.07) is 6.61. The number of halogens is 3. The van der Waals surface area contributed by atoms with Crippen molar-refractivity contribution >= 4 is 23.9 Å². The second-order valence-corrected chi connectivity index (χ2v) is 5.14. The summed E-state index contributed by atoms with van der Waals surface area (Å²) in [5.74, 6) is -0.467. The van der Waals surface area contributed by atoms with Crippen molar-refractivity contribution in [1.82, 2.24) is 15.4 Å². The predicted octanol–water partition coefficient (Wildman–Crippen LogP) is 2.74. The van der Waals surface area contributed by atoms with E-state index in [0.717, 1.165) is 24.0 Å². The highest BCUT2D eigenvalue weighted by Gasteiger charge is 2.32. The van der Waals surface area contributed by atoms with Gasteiger partial charge >= 0.3 is 6.18 Å². The van der Waals surface area contributed by atoms with Gasteiger partial charge in [0.25, 0.3) is 5.91 Å². The summed E-state index contributed by atoms with van der Waals surface area (Å²) in [5.41, 5.74) is 1.23. The van der Waals surface area contributed by atoms with Crippen molar-refractivity contribution in [3.8, 4) is 0 Å². The predicted molar refractivity (Wildman–Crippen MR) is 79.9 cm³/mol. The number of thioether (sulfide) groups is 1. The maximum atomic E-state index is 12.8. The number of carbonyl (C=O) groups excluding carboxylic acids is 1. The zero-order chi connectivity index (χ0) is 16.7. The molecule has 0 aliphatic rings. The molecular weight excluding hydrogens is 329 g/mol. The highest BCUT2D eigenvalue weighted by molar-refractivity contribution is 7.99. The summed E-state index contributed by atoms with van der Waals surface area (Å²) in [7, 11) is 0. The molecule has 1 N–H and O–H groups in total. The van der Waals surface area contributed by atoms with Gasteiger partial charge in [0.15, 0.2) is 5.16 Å². The smallest absolute Gasteiger partial charge is 0.272 e. The highest BCUT2D eigenvalue weighted by Crippen LogP contribution is 2.30. The number of alkyl halides is 3. The molecule has 0 bridgehead atoms. The van der Waals surface area contributed by atoms with E-state index in [4.69, 9.17) is 0 Å². The fourth-order valence-corrected chi connectivity index (χ4v) is 2.16. The maximum absolute atomic E-state index is 12.8. The molecule has 1 amide bonds. The molecule has 23 heavy (non-hydrogen) atoms. The minimum absolute atomic E-state index is 0.00225. The molecule has 0 aliphatic carbocycles. The quantitative estimate of drug-likeness (QED) is 0.393. The fourth-order valence-electron chi connectivity index (χ4n) is 1.56. The van der Waals surface area contributed by atoms with Gasteiger partial charge in [-0.1, -0.05) is 30.0 Å². The van der Waals surface area contributed by atoms with Crippen LogP contribution in [0.3, 0.4) is 0 Å². The standard InChI is InChI=1S/C14H11F3N4OS/c15-14(16,17)11-5-2-1-4-10(11)8-20-21-12(22)9-23-13-18-6-3-7-19-13/h1-8H,9H2,(H,21,22)/b20-8-. The number of nitrogens with one attached hydrogen (secondary N) is 1. The number of nitrogens with zero attached hydrogens (tertiary/aromatic N) is 3. The molecule has 0 radical (unpaired) electrons. The van der Waals surface area contributed by atoms with Gasteiger partial charge in [0.2, 0.25) is 0 Å². The Bertz CT molecular complexity index is 692. The van der Waals surface area contributed by atoms with E-state index in [0.29, 0.717) is 5.16 Å². The lowest BCUT2D eigenvalue weighted by atomic mass is 10.1. The Hall–Kier alpha value is -2.42. The van der Waals surface area contributed by atoms with Gasteiger partial charge in [-0.15, -0.1) is 0 Å². The molecule has 120 valence electrons. The number of hydrogen-bond acceptors (Lipinski definition) is 5. The Labute approximate surface area is 134 Å². The van der Waals surface area contributed by atoms with Gasteiger partial charge in [-0.05, 0) is 12.1 Å². The second kappa shape index (κ2) is 7.73. The van der Waals surface area contributed by atoms with Crippen molar-refractivity contribution in [2.45, 2.75) is 11.3 Å². The number of aromatic nitrogens is 2. The van der Waals surface area contributed by atoms with Crippen LogP contribution in [0.5, 0.6) is 0 Å². The van der Waals surface area contributed by atoms with E-state index in [1.54, 1.807) is 18.5 Å². The van der Waals surface area contributed by atoms with Crippen molar-refractivity contribution in [2.24, 2.45) is 5.10 Å². The molecule has 0 fully saturated rings. The molecule has 9 heteroatoms. The van der Waals surface area contributed by atoms with Gasteiger partial charge in [0, 0.05) is 18.0 Å². The summed E-state index contributed by atoms with van der Waals surface area (Å²) < 4.78 is 38.3. The topological polar surface area (TPSA) is 67.2 Å². The zero-order valence-corrected chi connectivity index (χ0v) is 12.4. The third kappa shape index (κ3) is 5.37. The van der Waals surface area contributed by atoms with Gasteiger partial charge in [-0.2, -0.15) is 18.3 Å². The molecule has 5 nitrogen and oxygen atoms in total. The molecule has 1 heterocycles. The van der Waals surface area contributed by atoms with E-state index < -0.39 is 17.6 Å². The maximum Gasteiger partial charge on any atom is 0.417 e. The average molecular weight is 340 g/mol. The third-order valence-corrected chi connectivity index (χ3v) is 3.41. The van der Waals surface area contributed by atoms with E-state index in [-0.39, 0.29) is 11.3 Å². The Morgan fingerprint density at radius 2 is 1.91 bits per heavy atom. The van der Waals surface area contributed by atoms with Crippen LogP contribution in [-0.4, -0.2) is 27.8 Å². The Kier molecular flexibility index (Phi) is 5.69. The number of amides is 1. The Morgan fingerprint density at radius 3 is 2.61 bits per heavy atom. The Morgan fingerprint density at radius 1 is 1.22 bits per heavy atom. The van der Waals surface area contributed by atoms with E-state index in [1.165, 1.54) is 18.2 Å². The molecule has 2 rings (SSSR count). The van der Waals surface area contributed by atoms with Gasteiger partial charge in [0.1, 0.15) is 0 Å². The molecular formula is C14H11F3N4OS. The number of hydrazone groups is 1. The van der Waals surface area contributed by atoms with Crippen molar-refractivity contribution in [3.05, 3.63) is 53.9 Å². The Balaban J connectivity index is 1.91. The van der Waals surface area contributed by atoms with E-state index >= 15 is 0 Å². The van der Waals surface area contributed by atoms with Gasteiger partial charge in [-0.3, -0.25) is 4.79 Å². The lowest BCUT2D eigenvalue weighted by Crippen LogP contribution is -2.20. The summed E-state index contributed by atoms with van der Waals surface area (Å²) >= 11 is 1.09. The first-order chi connectivity index (χ1) is 11.0. The first-order valence-electron chi connectivity index (χ1n) is 6.35. The first kappa shape index (κ1) is 16.9. The van der Waals surface area contributed by atoms with Crippen LogP contribution in [0.15, 0.2) is 53.0 Å². The van der Waals surface area contributed by atoms with Crippen LogP contribution in [0.2, 0.25) is 0 Å². The van der Waals surface area contributed by atoms with Crippen LogP contribution in [-0.2, 0) is 11.0 Å². The number of carbonyl (C=O) groups is 1. The number of rotatable bonds is 5. The zero-order valence-electron chi connectivity index (χ0n) is 11.6. The lowest BCUT2D eigenvalue weighted by Gasteiger charge is -2.09. The summed E-state index contributed by atoms with van der Waals surface area (Å²) in [4.78, 5) is 19.4. The van der Waals surface area contributed by atoms with Crippen molar-refractivity contribution < 1.29 is 18.0 Å². The molecule has 0 unspecified atom stereocenters. The summed E-state index contributed by atoms with van der Waals surface area (Å²) in [6.45, 7) is 0. The van der Waals surface area contributed by atoms with Crippen molar-refractivity contribution in [3.63, 3.8) is 0 Å². The third-order valence-electron chi connectivity index (χ3n) is 2.53. The van der Waals surface area contributed by atoms with Gasteiger partial charge in [-0.25, -0.2) is 15.4 Å². The number of hydrogen-bond donors (Lipinski definition) is 1. The van der Waals surface area contributed by atoms with E-state index in [2.05, 4.69) is 20.5 Å². The normalized spacial score (nSPS) is 11.6. The molecule has 0 saturated carbocycles. The van der Waals surface area contributed by atoms with Crippen LogP contribution in [0.25, 0.3) is 0 Å². The monoisotopic (exact) mass is 340 g/mol. The van der Waals surface area contributed by atoms with E-state index in [1.807, 2.05) is 0 Å². The van der Waals surface area contributed by atoms with Crippen LogP contribution in [0.4, 0.5) is 13.2 Å². The van der Waals surface area contributed by atoms with Crippen molar-refractivity contribution in [2.75, 3.05) is 5.75 Å². The first-order valence-corrected chi connectivity index (χ1v) is 7.33. The van der Waals surface area contributed by atoms with Gasteiger partial charge < -0.3 is 0 Å². The van der Waals surface area contributed by atoms with Crippen LogP contribution in [0.1, 0.15) is 11.1 Å². The largest absolute Gasteiger partial charge is 0.417 e. The fraction of sp³-hybridized carbons (Fsp3) is 0.143. The summed E-state index contributed by atoms with van der Waals surface area (Å²) in [6.07, 6.45) is -0.434. The minimum atomic E-state index is -4.48. The van der Waals surface area contributed by atoms with Crippen LogP contribution < -0.4 is 5.43 Å². The molecule has 0 atom stereocenters. The number of benzene rings is 1. The molecule has 0 spiro atoms. The van der Waals surface area contributed by atoms with Crippen molar-refractivity contribution in [1.29, 1.82) is 0 Å². The average Bonchev–Trinajstić information content (AvgIpc) is 2.53. The lowest BCUT2D eigenvalue weighted by molar-refractivity contribution is -0.137. The SMILES string of the molecule is O=C(CSc1ncccn1)N/N=C\c1ccccc1C(F)(F)F. The molecule has 2 aromatic rings.